The summed E-state index contributed by atoms with van der Waals surface area (Å²) in [7, 11) is 0. The average Bonchev–Trinajstić information content (AvgIpc) is 2.73. The van der Waals surface area contributed by atoms with Crippen molar-refractivity contribution in [2.45, 2.75) is 6.54 Å². The molecular formula is C15H11N3O2S. The van der Waals surface area contributed by atoms with E-state index in [0.29, 0.717) is 16.8 Å². The van der Waals surface area contributed by atoms with Crippen LogP contribution in [0.1, 0.15) is 32.0 Å². The van der Waals surface area contributed by atoms with E-state index in [1.165, 1.54) is 4.90 Å². The van der Waals surface area contributed by atoms with Gasteiger partial charge in [0.05, 0.1) is 23.4 Å². The fourth-order valence-electron chi connectivity index (χ4n) is 2.27. The molecule has 2 amide bonds. The van der Waals surface area contributed by atoms with Crippen molar-refractivity contribution in [3.8, 4) is 0 Å². The zero-order valence-corrected chi connectivity index (χ0v) is 11.8. The van der Waals surface area contributed by atoms with E-state index in [2.05, 4.69) is 4.98 Å². The van der Waals surface area contributed by atoms with Gasteiger partial charge < -0.3 is 5.73 Å². The second-order valence-electron chi connectivity index (χ2n) is 4.66. The second-order valence-corrected chi connectivity index (χ2v) is 5.10. The quantitative estimate of drug-likeness (QED) is 0.686. The molecular weight excluding hydrogens is 286 g/mol. The Kier molecular flexibility index (Phi) is 3.23. The van der Waals surface area contributed by atoms with Crippen molar-refractivity contribution in [2.24, 2.45) is 5.73 Å². The number of benzene rings is 1. The number of amides is 2. The Morgan fingerprint density at radius 1 is 1.14 bits per heavy atom. The first kappa shape index (κ1) is 13.4. The molecule has 0 saturated carbocycles. The Labute approximate surface area is 126 Å². The van der Waals surface area contributed by atoms with Crippen LogP contribution in [0.3, 0.4) is 0 Å². The van der Waals surface area contributed by atoms with Gasteiger partial charge in [0.15, 0.2) is 0 Å². The summed E-state index contributed by atoms with van der Waals surface area (Å²) < 4.78 is 0. The Morgan fingerprint density at radius 3 is 2.33 bits per heavy atom. The van der Waals surface area contributed by atoms with Gasteiger partial charge >= 0.3 is 0 Å². The number of nitrogens with zero attached hydrogens (tertiary/aromatic N) is 2. The standard InChI is InChI=1S/C15H11N3O2S/c16-13(21)12-7-9(5-6-17-12)8-18-14(19)10-3-1-2-4-11(10)15(18)20/h1-7H,8H2,(H2,16,21). The maximum Gasteiger partial charge on any atom is 0.261 e. The van der Waals surface area contributed by atoms with Crippen molar-refractivity contribution < 1.29 is 9.59 Å². The van der Waals surface area contributed by atoms with Crippen LogP contribution < -0.4 is 5.73 Å². The Bertz CT molecular complexity index is 738. The number of fused-ring (bicyclic) bond motifs is 1. The van der Waals surface area contributed by atoms with E-state index >= 15 is 0 Å². The molecule has 2 heterocycles. The zero-order chi connectivity index (χ0) is 15.0. The summed E-state index contributed by atoms with van der Waals surface area (Å²) in [6.45, 7) is 0.171. The van der Waals surface area contributed by atoms with E-state index in [1.54, 1.807) is 42.6 Å². The molecule has 0 aliphatic carbocycles. The number of carbonyl (C=O) groups is 2. The molecule has 0 radical (unpaired) electrons. The van der Waals surface area contributed by atoms with Crippen molar-refractivity contribution >= 4 is 29.0 Å². The van der Waals surface area contributed by atoms with Crippen LogP contribution in [0.4, 0.5) is 0 Å². The molecule has 1 aliphatic rings. The minimum atomic E-state index is -0.288. The second kappa shape index (κ2) is 5.06. The van der Waals surface area contributed by atoms with E-state index in [-0.39, 0.29) is 23.3 Å². The highest BCUT2D eigenvalue weighted by Crippen LogP contribution is 2.24. The van der Waals surface area contributed by atoms with E-state index in [4.69, 9.17) is 18.0 Å². The first-order valence-corrected chi connectivity index (χ1v) is 6.68. The smallest absolute Gasteiger partial charge is 0.261 e. The lowest BCUT2D eigenvalue weighted by molar-refractivity contribution is 0.0642. The molecule has 21 heavy (non-hydrogen) atoms. The predicted octanol–water partition coefficient (Wildman–Crippen LogP) is 1.51. The van der Waals surface area contributed by atoms with E-state index < -0.39 is 0 Å². The van der Waals surface area contributed by atoms with Crippen LogP contribution in [0.5, 0.6) is 0 Å². The Morgan fingerprint density at radius 2 is 1.76 bits per heavy atom. The lowest BCUT2D eigenvalue weighted by Crippen LogP contribution is -2.29. The fraction of sp³-hybridized carbons (Fsp3) is 0.0667. The summed E-state index contributed by atoms with van der Waals surface area (Å²) in [4.78, 5) is 30.0. The highest BCUT2D eigenvalue weighted by Gasteiger charge is 2.34. The molecule has 1 aromatic carbocycles. The molecule has 0 spiro atoms. The van der Waals surface area contributed by atoms with Crippen LogP contribution in [0, 0.1) is 0 Å². The maximum absolute atomic E-state index is 12.3. The first-order valence-electron chi connectivity index (χ1n) is 6.28. The third-order valence-electron chi connectivity index (χ3n) is 3.30. The van der Waals surface area contributed by atoms with Gasteiger partial charge in [-0.3, -0.25) is 19.5 Å². The Hall–Kier alpha value is -2.60. The average molecular weight is 297 g/mol. The first-order chi connectivity index (χ1) is 10.1. The number of carbonyl (C=O) groups excluding carboxylic acids is 2. The van der Waals surface area contributed by atoms with Gasteiger partial charge in [0.1, 0.15) is 4.99 Å². The van der Waals surface area contributed by atoms with Crippen molar-refractivity contribution in [3.05, 3.63) is 65.0 Å². The van der Waals surface area contributed by atoms with E-state index in [9.17, 15) is 9.59 Å². The van der Waals surface area contributed by atoms with Gasteiger partial charge in [-0.25, -0.2) is 0 Å². The molecule has 0 unspecified atom stereocenters. The lowest BCUT2D eigenvalue weighted by atomic mass is 10.1. The Balaban J connectivity index is 1.90. The predicted molar refractivity (Wildman–Crippen MR) is 80.8 cm³/mol. The number of hydrogen-bond acceptors (Lipinski definition) is 4. The third kappa shape index (κ3) is 2.30. The van der Waals surface area contributed by atoms with E-state index in [0.717, 1.165) is 5.56 Å². The van der Waals surface area contributed by atoms with Crippen molar-refractivity contribution in [1.29, 1.82) is 0 Å². The highest BCUT2D eigenvalue weighted by molar-refractivity contribution is 7.80. The SMILES string of the molecule is NC(=S)c1cc(CN2C(=O)c3ccccc3C2=O)ccn1. The molecule has 2 N–H and O–H groups in total. The monoisotopic (exact) mass is 297 g/mol. The minimum absolute atomic E-state index is 0.171. The maximum atomic E-state index is 12.3. The normalized spacial score (nSPS) is 13.4. The number of imide groups is 1. The number of aromatic nitrogens is 1. The summed E-state index contributed by atoms with van der Waals surface area (Å²) >= 11 is 4.88. The summed E-state index contributed by atoms with van der Waals surface area (Å²) in [6.07, 6.45) is 1.56. The van der Waals surface area contributed by atoms with Crippen LogP contribution in [0.15, 0.2) is 42.6 Å². The molecule has 1 aromatic heterocycles. The van der Waals surface area contributed by atoms with Crippen LogP contribution in [0.2, 0.25) is 0 Å². The molecule has 3 rings (SSSR count). The molecule has 0 atom stereocenters. The molecule has 104 valence electrons. The van der Waals surface area contributed by atoms with Crippen LogP contribution >= 0.6 is 12.2 Å². The molecule has 0 saturated heterocycles. The van der Waals surface area contributed by atoms with Crippen molar-refractivity contribution in [2.75, 3.05) is 0 Å². The van der Waals surface area contributed by atoms with Gasteiger partial charge in [-0.15, -0.1) is 0 Å². The minimum Gasteiger partial charge on any atom is -0.388 e. The molecule has 1 aliphatic heterocycles. The van der Waals surface area contributed by atoms with Crippen LogP contribution in [-0.4, -0.2) is 26.7 Å². The molecule has 0 bridgehead atoms. The third-order valence-corrected chi connectivity index (χ3v) is 3.50. The van der Waals surface area contributed by atoms with Crippen molar-refractivity contribution in [3.63, 3.8) is 0 Å². The van der Waals surface area contributed by atoms with Gasteiger partial charge in [0, 0.05) is 6.20 Å². The van der Waals surface area contributed by atoms with Gasteiger partial charge in [-0.1, -0.05) is 24.4 Å². The molecule has 0 fully saturated rings. The van der Waals surface area contributed by atoms with Gasteiger partial charge in [-0.2, -0.15) is 0 Å². The molecule has 5 nitrogen and oxygen atoms in total. The van der Waals surface area contributed by atoms with Gasteiger partial charge in [0.2, 0.25) is 0 Å². The topological polar surface area (TPSA) is 76.3 Å². The fourth-order valence-corrected chi connectivity index (χ4v) is 2.38. The summed E-state index contributed by atoms with van der Waals surface area (Å²) in [5.74, 6) is -0.575. The molecule has 2 aromatic rings. The largest absolute Gasteiger partial charge is 0.388 e. The zero-order valence-electron chi connectivity index (χ0n) is 10.9. The van der Waals surface area contributed by atoms with Gasteiger partial charge in [0.25, 0.3) is 11.8 Å². The summed E-state index contributed by atoms with van der Waals surface area (Å²) in [5, 5.41) is 0. The van der Waals surface area contributed by atoms with E-state index in [1.807, 2.05) is 0 Å². The number of pyridine rings is 1. The number of rotatable bonds is 3. The summed E-state index contributed by atoms with van der Waals surface area (Å²) in [6, 6.07) is 10.2. The lowest BCUT2D eigenvalue weighted by Gasteiger charge is -2.14. The molecule has 6 heteroatoms. The highest BCUT2D eigenvalue weighted by atomic mass is 32.1. The van der Waals surface area contributed by atoms with Gasteiger partial charge in [-0.05, 0) is 29.8 Å². The number of hydrogen-bond donors (Lipinski definition) is 1. The van der Waals surface area contributed by atoms with Crippen molar-refractivity contribution in [1.82, 2.24) is 9.88 Å². The van der Waals surface area contributed by atoms with Crippen LogP contribution in [-0.2, 0) is 6.54 Å². The number of nitrogens with two attached hydrogens (primary N) is 1. The van der Waals surface area contributed by atoms with Crippen LogP contribution in [0.25, 0.3) is 0 Å². The number of thiocarbonyl (C=S) groups is 1. The summed E-state index contributed by atoms with van der Waals surface area (Å²) in [5.41, 5.74) is 7.63.